The van der Waals surface area contributed by atoms with E-state index in [4.69, 9.17) is 16.9 Å². The van der Waals surface area contributed by atoms with E-state index in [1.165, 1.54) is 11.3 Å². The van der Waals surface area contributed by atoms with Crippen molar-refractivity contribution in [1.82, 2.24) is 14.8 Å². The molecule has 16 heavy (non-hydrogen) atoms. The zero-order valence-electron chi connectivity index (χ0n) is 8.44. The first-order valence-electron chi connectivity index (χ1n) is 4.47. The molecule has 0 aliphatic rings. The normalized spacial score (nSPS) is 10.1. The van der Waals surface area contributed by atoms with Crippen LogP contribution in [-0.2, 0) is 13.6 Å². The lowest BCUT2D eigenvalue weighted by Gasteiger charge is -1.97. The number of hydrogen-bond donors (Lipinski definition) is 1. The van der Waals surface area contributed by atoms with Gasteiger partial charge in [0.25, 0.3) is 0 Å². The van der Waals surface area contributed by atoms with Crippen molar-refractivity contribution in [2.24, 2.45) is 7.05 Å². The first kappa shape index (κ1) is 10.9. The van der Waals surface area contributed by atoms with Crippen LogP contribution in [0.1, 0.15) is 10.4 Å². The number of anilines is 1. The molecule has 0 atom stereocenters. The fourth-order valence-corrected chi connectivity index (χ4v) is 2.13. The van der Waals surface area contributed by atoms with Crippen LogP contribution < -0.4 is 5.32 Å². The number of nitriles is 1. The Kier molecular flexibility index (Phi) is 3.08. The highest BCUT2D eigenvalue weighted by molar-refractivity contribution is 7.16. The Balaban J connectivity index is 2.02. The Bertz CT molecular complexity index is 538. The van der Waals surface area contributed by atoms with Crippen molar-refractivity contribution in [3.63, 3.8) is 0 Å². The number of thiazole rings is 1. The summed E-state index contributed by atoms with van der Waals surface area (Å²) in [7, 11) is 1.86. The van der Waals surface area contributed by atoms with Crippen LogP contribution in [-0.4, -0.2) is 14.8 Å². The molecule has 0 aliphatic heterocycles. The average Bonchev–Trinajstić information content (AvgIpc) is 2.82. The van der Waals surface area contributed by atoms with E-state index in [0.717, 1.165) is 5.56 Å². The van der Waals surface area contributed by atoms with Gasteiger partial charge in [0, 0.05) is 25.4 Å². The Morgan fingerprint density at radius 3 is 3.06 bits per heavy atom. The summed E-state index contributed by atoms with van der Waals surface area (Å²) in [5, 5.41) is 16.7. The molecule has 0 radical (unpaired) electrons. The topological polar surface area (TPSA) is 66.5 Å². The SMILES string of the molecule is Cn1cc(CNc2nc(Cl)c(C#N)s2)cn1. The van der Waals surface area contributed by atoms with Gasteiger partial charge in [-0.05, 0) is 0 Å². The molecule has 0 fully saturated rings. The number of aromatic nitrogens is 3. The zero-order valence-corrected chi connectivity index (χ0v) is 10.0. The maximum Gasteiger partial charge on any atom is 0.185 e. The van der Waals surface area contributed by atoms with E-state index in [9.17, 15) is 0 Å². The lowest BCUT2D eigenvalue weighted by atomic mass is 10.4. The van der Waals surface area contributed by atoms with Crippen molar-refractivity contribution in [2.75, 3.05) is 5.32 Å². The predicted molar refractivity (Wildman–Crippen MR) is 62.4 cm³/mol. The molecule has 5 nitrogen and oxygen atoms in total. The Hall–Kier alpha value is -1.58. The van der Waals surface area contributed by atoms with Crippen LogP contribution in [0.25, 0.3) is 0 Å². The summed E-state index contributed by atoms with van der Waals surface area (Å²) < 4.78 is 1.73. The van der Waals surface area contributed by atoms with E-state index in [0.29, 0.717) is 16.6 Å². The van der Waals surface area contributed by atoms with Gasteiger partial charge >= 0.3 is 0 Å². The average molecular weight is 254 g/mol. The van der Waals surface area contributed by atoms with Crippen molar-refractivity contribution in [3.8, 4) is 6.07 Å². The van der Waals surface area contributed by atoms with E-state index in [2.05, 4.69) is 15.4 Å². The second-order valence-corrected chi connectivity index (χ2v) is 4.48. The number of halogens is 1. The van der Waals surface area contributed by atoms with Crippen LogP contribution in [0, 0.1) is 11.3 Å². The third-order valence-corrected chi connectivity index (χ3v) is 3.19. The monoisotopic (exact) mass is 253 g/mol. The molecular weight excluding hydrogens is 246 g/mol. The molecule has 0 saturated heterocycles. The number of rotatable bonds is 3. The molecule has 82 valence electrons. The lowest BCUT2D eigenvalue weighted by molar-refractivity contribution is 0.767. The fraction of sp³-hybridized carbons (Fsp3) is 0.222. The summed E-state index contributed by atoms with van der Waals surface area (Å²) in [6.07, 6.45) is 3.68. The number of hydrogen-bond acceptors (Lipinski definition) is 5. The Morgan fingerprint density at radius 1 is 1.69 bits per heavy atom. The molecule has 7 heteroatoms. The van der Waals surface area contributed by atoms with Crippen molar-refractivity contribution >= 4 is 28.1 Å². The number of nitrogens with zero attached hydrogens (tertiary/aromatic N) is 4. The molecule has 2 heterocycles. The van der Waals surface area contributed by atoms with Gasteiger partial charge in [-0.2, -0.15) is 10.4 Å². The molecule has 0 aliphatic carbocycles. The highest BCUT2D eigenvalue weighted by atomic mass is 35.5. The van der Waals surface area contributed by atoms with E-state index in [1.54, 1.807) is 10.9 Å². The quantitative estimate of drug-likeness (QED) is 0.909. The number of nitrogens with one attached hydrogen (secondary N) is 1. The second kappa shape index (κ2) is 4.51. The van der Waals surface area contributed by atoms with Gasteiger partial charge in [0.1, 0.15) is 10.9 Å². The lowest BCUT2D eigenvalue weighted by Crippen LogP contribution is -1.97. The van der Waals surface area contributed by atoms with Gasteiger partial charge in [0.2, 0.25) is 0 Å². The zero-order chi connectivity index (χ0) is 11.5. The molecule has 0 spiro atoms. The summed E-state index contributed by atoms with van der Waals surface area (Å²) >= 11 is 6.99. The smallest absolute Gasteiger partial charge is 0.185 e. The van der Waals surface area contributed by atoms with Crippen molar-refractivity contribution < 1.29 is 0 Å². The predicted octanol–water partition coefficient (Wildman–Crippen LogP) is 2.01. The van der Waals surface area contributed by atoms with Gasteiger partial charge in [-0.1, -0.05) is 22.9 Å². The number of aryl methyl sites for hydroxylation is 1. The molecule has 2 aromatic heterocycles. The maximum atomic E-state index is 8.72. The minimum atomic E-state index is 0.251. The van der Waals surface area contributed by atoms with Gasteiger partial charge in [-0.25, -0.2) is 4.98 Å². The van der Waals surface area contributed by atoms with Gasteiger partial charge in [-0.15, -0.1) is 0 Å². The minimum Gasteiger partial charge on any atom is -0.357 e. The second-order valence-electron chi connectivity index (χ2n) is 3.13. The standard InChI is InChI=1S/C9H8ClN5S/c1-15-5-6(4-13-15)3-12-9-14-8(10)7(2-11)16-9/h4-5H,3H2,1H3,(H,12,14). The van der Waals surface area contributed by atoms with Gasteiger partial charge in [0.05, 0.1) is 6.20 Å². The Morgan fingerprint density at radius 2 is 2.50 bits per heavy atom. The highest BCUT2D eigenvalue weighted by Crippen LogP contribution is 2.26. The molecule has 0 aromatic carbocycles. The largest absolute Gasteiger partial charge is 0.357 e. The van der Waals surface area contributed by atoms with Crippen molar-refractivity contribution in [1.29, 1.82) is 5.26 Å². The van der Waals surface area contributed by atoms with E-state index >= 15 is 0 Å². The summed E-state index contributed by atoms with van der Waals surface area (Å²) in [4.78, 5) is 4.45. The van der Waals surface area contributed by atoms with Gasteiger partial charge in [0.15, 0.2) is 10.3 Å². The van der Waals surface area contributed by atoms with Crippen molar-refractivity contribution in [2.45, 2.75) is 6.54 Å². The molecule has 0 bridgehead atoms. The van der Waals surface area contributed by atoms with Crippen LogP contribution in [0.15, 0.2) is 12.4 Å². The van der Waals surface area contributed by atoms with Gasteiger partial charge in [-0.3, -0.25) is 4.68 Å². The fourth-order valence-electron chi connectivity index (χ4n) is 1.19. The summed E-state index contributed by atoms with van der Waals surface area (Å²) in [5.74, 6) is 0. The van der Waals surface area contributed by atoms with Gasteiger partial charge < -0.3 is 5.32 Å². The van der Waals surface area contributed by atoms with E-state index in [1.807, 2.05) is 19.3 Å². The summed E-state index contributed by atoms with van der Waals surface area (Å²) in [6.45, 7) is 0.614. The molecule has 2 rings (SSSR count). The molecule has 2 aromatic rings. The third kappa shape index (κ3) is 2.32. The molecule has 0 unspecified atom stereocenters. The van der Waals surface area contributed by atoms with Crippen LogP contribution in [0.3, 0.4) is 0 Å². The van der Waals surface area contributed by atoms with E-state index in [-0.39, 0.29) is 5.15 Å². The first-order valence-corrected chi connectivity index (χ1v) is 5.66. The van der Waals surface area contributed by atoms with Crippen molar-refractivity contribution in [3.05, 3.63) is 28.0 Å². The highest BCUT2D eigenvalue weighted by Gasteiger charge is 2.08. The third-order valence-electron chi connectivity index (χ3n) is 1.89. The summed E-state index contributed by atoms with van der Waals surface area (Å²) in [5.41, 5.74) is 1.05. The molecular formula is C9H8ClN5S. The van der Waals surface area contributed by atoms with Crippen LogP contribution in [0.2, 0.25) is 5.15 Å². The first-order chi connectivity index (χ1) is 7.69. The van der Waals surface area contributed by atoms with Crippen LogP contribution in [0.4, 0.5) is 5.13 Å². The summed E-state index contributed by atoms with van der Waals surface area (Å²) in [6, 6.07) is 1.99. The Labute approximate surface area is 101 Å². The molecule has 1 N–H and O–H groups in total. The molecule has 0 amide bonds. The van der Waals surface area contributed by atoms with Crippen LogP contribution in [0.5, 0.6) is 0 Å². The molecule has 0 saturated carbocycles. The minimum absolute atomic E-state index is 0.251. The maximum absolute atomic E-state index is 8.72. The van der Waals surface area contributed by atoms with E-state index < -0.39 is 0 Å². The van der Waals surface area contributed by atoms with Crippen LogP contribution >= 0.6 is 22.9 Å².